The highest BCUT2D eigenvalue weighted by atomic mass is 16.4. The lowest BCUT2D eigenvalue weighted by Crippen LogP contribution is -2.58. The zero-order chi connectivity index (χ0) is 40.6. The number of aliphatic hydroxyl groups is 1. The number of carboxylic acids is 1. The minimum absolute atomic E-state index is 0.00384. The Hall–Kier alpha value is -3.99. The molecular weight excluding hydrogens is 698 g/mol. The fraction of sp³-hybridized carbons (Fsp3) is 0.811. The molecule has 0 unspecified atom stereocenters. The molecule has 54 heavy (non-hydrogen) atoms. The highest BCUT2D eigenvalue weighted by molar-refractivity contribution is 5.95. The molecule has 0 saturated carbocycles. The second-order valence-corrected chi connectivity index (χ2v) is 13.8. The molecule has 0 fully saturated rings. The third-order valence-corrected chi connectivity index (χ3v) is 9.07. The molecule has 0 saturated heterocycles. The molecule has 0 aromatic rings. The van der Waals surface area contributed by atoms with E-state index in [0.717, 1.165) is 19.3 Å². The summed E-state index contributed by atoms with van der Waals surface area (Å²) >= 11 is 0. The summed E-state index contributed by atoms with van der Waals surface area (Å²) in [6.45, 7) is 2.05. The average Bonchev–Trinajstić information content (AvgIpc) is 3.14. The molecule has 0 aliphatic rings. The van der Waals surface area contributed by atoms with Gasteiger partial charge in [0.1, 0.15) is 24.2 Å². The molecule has 0 heterocycles. The zero-order valence-electron chi connectivity index (χ0n) is 32.8. The number of nitrogens with one attached hydrogen (secondary N) is 7. The number of aliphatic hydroxyl groups excluding tert-OH is 1. The summed E-state index contributed by atoms with van der Waals surface area (Å²) in [5.41, 5.74) is 10.9. The lowest BCUT2D eigenvalue weighted by molar-refractivity contribution is -0.138. The molecule has 5 amide bonds. The Balaban J connectivity index is 5.31. The van der Waals surface area contributed by atoms with Crippen LogP contribution in [0.3, 0.4) is 0 Å². The van der Waals surface area contributed by atoms with Crippen molar-refractivity contribution in [2.24, 2.45) is 11.5 Å². The van der Waals surface area contributed by atoms with Crippen molar-refractivity contribution in [2.45, 2.75) is 166 Å². The molecule has 0 spiro atoms. The molecule has 13 N–H and O–H groups in total. The van der Waals surface area contributed by atoms with E-state index in [9.17, 15) is 39.0 Å². The number of nitrogens with two attached hydrogens (primary N) is 2. The van der Waals surface area contributed by atoms with E-state index in [0.29, 0.717) is 25.8 Å². The van der Waals surface area contributed by atoms with Crippen LogP contribution < -0.4 is 43.4 Å². The van der Waals surface area contributed by atoms with Crippen molar-refractivity contribution in [1.29, 1.82) is 5.41 Å². The van der Waals surface area contributed by atoms with E-state index in [4.69, 9.17) is 16.9 Å². The van der Waals surface area contributed by atoms with E-state index >= 15 is 0 Å². The maximum absolute atomic E-state index is 13.6. The molecule has 0 radical (unpaired) electrons. The van der Waals surface area contributed by atoms with E-state index < -0.39 is 72.7 Å². The predicted octanol–water partition coefficient (Wildman–Crippen LogP) is 1.40. The summed E-state index contributed by atoms with van der Waals surface area (Å²) in [5.74, 6) is -4.85. The first-order valence-electron chi connectivity index (χ1n) is 19.9. The van der Waals surface area contributed by atoms with Gasteiger partial charge in [0.15, 0.2) is 5.96 Å². The molecular formula is C37H71N9O8. The van der Waals surface area contributed by atoms with Crippen molar-refractivity contribution >= 4 is 41.5 Å². The van der Waals surface area contributed by atoms with E-state index in [2.05, 4.69) is 38.8 Å². The molecule has 312 valence electrons. The number of guanidine groups is 1. The summed E-state index contributed by atoms with van der Waals surface area (Å²) in [6.07, 6.45) is 16.1. The van der Waals surface area contributed by atoms with Gasteiger partial charge < -0.3 is 53.6 Å². The number of hydrogen-bond acceptors (Lipinski definition) is 9. The lowest BCUT2D eigenvalue weighted by atomic mass is 10.0. The smallest absolute Gasteiger partial charge is 0.303 e. The Bertz CT molecular complexity index is 1110. The summed E-state index contributed by atoms with van der Waals surface area (Å²) in [4.78, 5) is 76.6. The van der Waals surface area contributed by atoms with Crippen molar-refractivity contribution in [3.05, 3.63) is 0 Å². The van der Waals surface area contributed by atoms with Crippen molar-refractivity contribution in [3.8, 4) is 0 Å². The second kappa shape index (κ2) is 32.4. The Morgan fingerprint density at radius 3 is 1.52 bits per heavy atom. The van der Waals surface area contributed by atoms with Crippen LogP contribution in [0.25, 0.3) is 0 Å². The Labute approximate surface area is 321 Å². The Morgan fingerprint density at radius 2 is 1.06 bits per heavy atom. The lowest BCUT2D eigenvalue weighted by Gasteiger charge is -2.26. The van der Waals surface area contributed by atoms with Gasteiger partial charge in [0, 0.05) is 26.4 Å². The van der Waals surface area contributed by atoms with Crippen LogP contribution in [0.2, 0.25) is 0 Å². The molecule has 0 aromatic heterocycles. The van der Waals surface area contributed by atoms with Crippen molar-refractivity contribution < 1.29 is 39.0 Å². The number of carboxylic acid groups (broad SMARTS) is 1. The van der Waals surface area contributed by atoms with Gasteiger partial charge in [0.25, 0.3) is 0 Å². The Morgan fingerprint density at radius 1 is 0.593 bits per heavy atom. The minimum atomic E-state index is -1.38. The van der Waals surface area contributed by atoms with Crippen LogP contribution in [0, 0.1) is 5.41 Å². The molecule has 4 atom stereocenters. The molecule has 0 bridgehead atoms. The summed E-state index contributed by atoms with van der Waals surface area (Å²) in [6, 6.07) is -4.96. The number of aliphatic carboxylic acids is 1. The van der Waals surface area contributed by atoms with Crippen LogP contribution >= 0.6 is 0 Å². The number of likely N-dealkylation sites (N-methyl/N-ethyl adjacent to an activating group) is 1. The SMILES string of the molecule is CCCCCCCCCCCCCCCC(=O)N[C@@H](CO)C(=O)N[C@@H](CCCNC(=N)N)C(=O)N[C@@H](CCC(=O)O)C(=O)N[C@@H](CCCCN)C(=O)NC. The average molecular weight is 770 g/mol. The Kier molecular flexibility index (Phi) is 30.0. The first-order valence-corrected chi connectivity index (χ1v) is 19.9. The fourth-order valence-electron chi connectivity index (χ4n) is 5.85. The molecule has 17 nitrogen and oxygen atoms in total. The minimum Gasteiger partial charge on any atom is -0.481 e. The van der Waals surface area contributed by atoms with Gasteiger partial charge >= 0.3 is 5.97 Å². The largest absolute Gasteiger partial charge is 0.481 e. The number of carbonyl (C=O) groups excluding carboxylic acids is 5. The molecule has 0 aliphatic heterocycles. The van der Waals surface area contributed by atoms with Gasteiger partial charge in [-0.2, -0.15) is 0 Å². The molecule has 0 aromatic carbocycles. The van der Waals surface area contributed by atoms with Gasteiger partial charge in [-0.3, -0.25) is 34.2 Å². The van der Waals surface area contributed by atoms with Crippen LogP contribution in [0.1, 0.15) is 142 Å². The van der Waals surface area contributed by atoms with Crippen molar-refractivity contribution in [1.82, 2.24) is 31.9 Å². The van der Waals surface area contributed by atoms with E-state index in [1.165, 1.54) is 64.8 Å². The second-order valence-electron chi connectivity index (χ2n) is 13.8. The van der Waals surface area contributed by atoms with Crippen LogP contribution in [0.5, 0.6) is 0 Å². The topological polar surface area (TPSA) is 291 Å². The van der Waals surface area contributed by atoms with Crippen LogP contribution in [0.4, 0.5) is 0 Å². The van der Waals surface area contributed by atoms with Crippen LogP contribution in [-0.4, -0.2) is 103 Å². The first kappa shape index (κ1) is 50.0. The van der Waals surface area contributed by atoms with Crippen molar-refractivity contribution in [2.75, 3.05) is 26.7 Å². The highest BCUT2D eigenvalue weighted by Crippen LogP contribution is 2.13. The third kappa shape index (κ3) is 25.9. The van der Waals surface area contributed by atoms with Gasteiger partial charge in [-0.15, -0.1) is 0 Å². The molecule has 17 heteroatoms. The van der Waals surface area contributed by atoms with E-state index in [-0.39, 0.29) is 44.6 Å². The maximum Gasteiger partial charge on any atom is 0.303 e. The number of rotatable bonds is 34. The molecule has 0 rings (SSSR count). The zero-order valence-corrected chi connectivity index (χ0v) is 32.8. The quantitative estimate of drug-likeness (QED) is 0.0253. The van der Waals surface area contributed by atoms with Crippen LogP contribution in [-0.2, 0) is 28.8 Å². The van der Waals surface area contributed by atoms with Gasteiger partial charge in [0.2, 0.25) is 29.5 Å². The fourth-order valence-corrected chi connectivity index (χ4v) is 5.85. The summed E-state index contributed by atoms with van der Waals surface area (Å²) < 4.78 is 0. The van der Waals surface area contributed by atoms with Gasteiger partial charge in [-0.1, -0.05) is 84.0 Å². The van der Waals surface area contributed by atoms with Crippen LogP contribution in [0.15, 0.2) is 0 Å². The number of unbranched alkanes of at least 4 members (excludes halogenated alkanes) is 13. The van der Waals surface area contributed by atoms with Gasteiger partial charge in [-0.05, 0) is 51.5 Å². The standard InChI is InChI=1S/C37H71N9O8/c1-3-4-5-6-7-8-9-10-11-12-13-14-15-21-31(48)43-30(26-47)36(54)45-28(20-18-25-42-37(39)40)34(52)46-29(22-23-32(49)50)35(53)44-27(33(51)41-2)19-16-17-24-38/h27-30,47H,3-26,38H2,1-2H3,(H,41,51)(H,43,48)(H,44,53)(H,45,54)(H,46,52)(H,49,50)(H4,39,40,42)/t27-,28-,29-,30-/m0/s1. The normalized spacial score (nSPS) is 13.1. The first-order chi connectivity index (χ1) is 25.9. The number of carbonyl (C=O) groups is 6. The summed E-state index contributed by atoms with van der Waals surface area (Å²) in [5, 5.41) is 41.8. The highest BCUT2D eigenvalue weighted by Gasteiger charge is 2.31. The molecule has 0 aliphatic carbocycles. The predicted molar refractivity (Wildman–Crippen MR) is 208 cm³/mol. The summed E-state index contributed by atoms with van der Waals surface area (Å²) in [7, 11) is 1.41. The maximum atomic E-state index is 13.6. The van der Waals surface area contributed by atoms with E-state index in [1.807, 2.05) is 0 Å². The van der Waals surface area contributed by atoms with Gasteiger partial charge in [-0.25, -0.2) is 0 Å². The third-order valence-electron chi connectivity index (χ3n) is 9.07. The van der Waals surface area contributed by atoms with E-state index in [1.54, 1.807) is 0 Å². The monoisotopic (exact) mass is 770 g/mol. The number of amides is 5. The van der Waals surface area contributed by atoms with Crippen molar-refractivity contribution in [3.63, 3.8) is 0 Å². The van der Waals surface area contributed by atoms with Gasteiger partial charge in [0.05, 0.1) is 6.61 Å². The number of hydrogen-bond donors (Lipinski definition) is 11.